The zero-order valence-corrected chi connectivity index (χ0v) is 15.0. The minimum Gasteiger partial charge on any atom is -0.462 e. The molecule has 0 fully saturated rings. The fraction of sp³-hybridized carbons (Fsp3) is 0.357. The lowest BCUT2D eigenvalue weighted by Crippen LogP contribution is -2.13. The van der Waals surface area contributed by atoms with Gasteiger partial charge in [-0.2, -0.15) is 0 Å². The monoisotopic (exact) mass is 382 g/mol. The number of ether oxygens (including phenoxy) is 1. The maximum absolute atomic E-state index is 12.4. The standard InChI is InChI=1S/C14H14Cl4N2O2/c1-3-20-6(5-19)7(14(21)22-4-2)8-9(15)10(16)11(17)12(18)13(8)20/h3-5,19H2,1-2H3. The Bertz CT molecular complexity index is 756. The lowest BCUT2D eigenvalue weighted by atomic mass is 10.1. The van der Waals surface area contributed by atoms with Crippen molar-refractivity contribution in [1.82, 2.24) is 4.57 Å². The minimum atomic E-state index is -0.517. The maximum Gasteiger partial charge on any atom is 0.340 e. The van der Waals surface area contributed by atoms with Crippen LogP contribution in [0, 0.1) is 0 Å². The van der Waals surface area contributed by atoms with E-state index in [1.165, 1.54) is 0 Å². The van der Waals surface area contributed by atoms with E-state index in [1.807, 2.05) is 6.92 Å². The van der Waals surface area contributed by atoms with Crippen molar-refractivity contribution in [3.63, 3.8) is 0 Å². The Hall–Kier alpha value is -0.650. The first-order valence-corrected chi connectivity index (χ1v) is 8.15. The van der Waals surface area contributed by atoms with Gasteiger partial charge < -0.3 is 15.0 Å². The quantitative estimate of drug-likeness (QED) is 0.463. The topological polar surface area (TPSA) is 57.2 Å². The largest absolute Gasteiger partial charge is 0.462 e. The van der Waals surface area contributed by atoms with Gasteiger partial charge in [-0.3, -0.25) is 0 Å². The number of nitrogens with zero attached hydrogens (tertiary/aromatic N) is 1. The Kier molecular flexibility index (Phi) is 5.51. The van der Waals surface area contributed by atoms with Crippen LogP contribution in [0.3, 0.4) is 0 Å². The van der Waals surface area contributed by atoms with Crippen molar-refractivity contribution < 1.29 is 9.53 Å². The number of esters is 1. The van der Waals surface area contributed by atoms with E-state index >= 15 is 0 Å². The second kappa shape index (κ2) is 6.85. The molecule has 4 nitrogen and oxygen atoms in total. The van der Waals surface area contributed by atoms with Crippen molar-refractivity contribution in [2.24, 2.45) is 5.73 Å². The molecule has 1 heterocycles. The third-order valence-electron chi connectivity index (χ3n) is 3.37. The van der Waals surface area contributed by atoms with Gasteiger partial charge in [0, 0.05) is 24.2 Å². The van der Waals surface area contributed by atoms with E-state index < -0.39 is 5.97 Å². The third kappa shape index (κ3) is 2.57. The lowest BCUT2D eigenvalue weighted by molar-refractivity contribution is 0.0527. The molecule has 0 aliphatic heterocycles. The van der Waals surface area contributed by atoms with Crippen molar-refractivity contribution in [3.05, 3.63) is 31.3 Å². The third-order valence-corrected chi connectivity index (χ3v) is 5.16. The predicted molar refractivity (Wildman–Crippen MR) is 91.5 cm³/mol. The Balaban J connectivity index is 3.03. The summed E-state index contributed by atoms with van der Waals surface area (Å²) in [4.78, 5) is 12.4. The summed E-state index contributed by atoms with van der Waals surface area (Å²) < 4.78 is 6.92. The number of hydrogen-bond acceptors (Lipinski definition) is 3. The Morgan fingerprint density at radius 1 is 1.09 bits per heavy atom. The Morgan fingerprint density at radius 3 is 2.18 bits per heavy atom. The van der Waals surface area contributed by atoms with Gasteiger partial charge in [0.2, 0.25) is 0 Å². The van der Waals surface area contributed by atoms with Crippen molar-refractivity contribution in [3.8, 4) is 0 Å². The molecule has 22 heavy (non-hydrogen) atoms. The SMILES string of the molecule is CCOC(=O)c1c(CN)n(CC)c2c(Cl)c(Cl)c(Cl)c(Cl)c12. The molecule has 0 atom stereocenters. The number of fused-ring (bicyclic) bond motifs is 1. The molecule has 0 aliphatic rings. The van der Waals surface area contributed by atoms with E-state index in [0.717, 1.165) is 0 Å². The lowest BCUT2D eigenvalue weighted by Gasteiger charge is -2.09. The van der Waals surface area contributed by atoms with Crippen LogP contribution in [0.25, 0.3) is 10.9 Å². The van der Waals surface area contributed by atoms with Crippen LogP contribution in [0.15, 0.2) is 0 Å². The molecule has 2 N–H and O–H groups in total. The van der Waals surface area contributed by atoms with Gasteiger partial charge in [-0.05, 0) is 13.8 Å². The average molecular weight is 384 g/mol. The second-order valence-electron chi connectivity index (χ2n) is 4.47. The van der Waals surface area contributed by atoms with Crippen LogP contribution >= 0.6 is 46.4 Å². The highest BCUT2D eigenvalue weighted by atomic mass is 35.5. The summed E-state index contributed by atoms with van der Waals surface area (Å²) in [5.74, 6) is -0.517. The van der Waals surface area contributed by atoms with E-state index in [-0.39, 0.29) is 38.8 Å². The minimum absolute atomic E-state index is 0.100. The first kappa shape index (κ1) is 17.7. The summed E-state index contributed by atoms with van der Waals surface area (Å²) in [6.45, 7) is 4.51. The van der Waals surface area contributed by atoms with E-state index in [2.05, 4.69) is 0 Å². The predicted octanol–water partition coefficient (Wildman–Crippen LogP) is 4.91. The molecule has 8 heteroatoms. The molecule has 0 aliphatic carbocycles. The molecule has 0 radical (unpaired) electrons. The van der Waals surface area contributed by atoms with Crippen LogP contribution in [-0.2, 0) is 17.8 Å². The first-order chi connectivity index (χ1) is 10.4. The van der Waals surface area contributed by atoms with Gasteiger partial charge in [0.1, 0.15) is 0 Å². The number of aromatic nitrogens is 1. The van der Waals surface area contributed by atoms with Crippen molar-refractivity contribution in [2.75, 3.05) is 6.61 Å². The number of aryl methyl sites for hydroxylation is 1. The molecule has 0 spiro atoms. The fourth-order valence-corrected chi connectivity index (χ4v) is 3.54. The maximum atomic E-state index is 12.4. The molecule has 0 saturated carbocycles. The van der Waals surface area contributed by atoms with Crippen molar-refractivity contribution in [1.29, 1.82) is 0 Å². The van der Waals surface area contributed by atoms with E-state index in [0.29, 0.717) is 23.1 Å². The summed E-state index contributed by atoms with van der Waals surface area (Å²) >= 11 is 24.9. The zero-order valence-electron chi connectivity index (χ0n) is 12.0. The summed E-state index contributed by atoms with van der Waals surface area (Å²) in [6, 6.07) is 0. The molecule has 0 bridgehead atoms. The summed E-state index contributed by atoms with van der Waals surface area (Å²) in [7, 11) is 0. The smallest absolute Gasteiger partial charge is 0.340 e. The molecule has 1 aromatic heterocycles. The number of halogens is 4. The Labute approximate surface area is 148 Å². The molecule has 0 amide bonds. The van der Waals surface area contributed by atoms with E-state index in [1.54, 1.807) is 11.5 Å². The van der Waals surface area contributed by atoms with Crippen LogP contribution < -0.4 is 5.73 Å². The summed E-state index contributed by atoms with van der Waals surface area (Å²) in [6.07, 6.45) is 0. The molecule has 2 aromatic rings. The molecule has 120 valence electrons. The van der Waals surface area contributed by atoms with Gasteiger partial charge in [0.25, 0.3) is 0 Å². The highest BCUT2D eigenvalue weighted by Gasteiger charge is 2.28. The van der Waals surface area contributed by atoms with Gasteiger partial charge in [0.05, 0.1) is 37.8 Å². The fourth-order valence-electron chi connectivity index (χ4n) is 2.50. The number of carbonyl (C=O) groups is 1. The van der Waals surface area contributed by atoms with Crippen LogP contribution in [0.5, 0.6) is 0 Å². The summed E-state index contributed by atoms with van der Waals surface area (Å²) in [5, 5.41) is 1.06. The zero-order chi connectivity index (χ0) is 16.6. The van der Waals surface area contributed by atoms with Crippen molar-refractivity contribution in [2.45, 2.75) is 26.9 Å². The van der Waals surface area contributed by atoms with E-state index in [4.69, 9.17) is 56.9 Å². The van der Waals surface area contributed by atoms with Gasteiger partial charge in [-0.15, -0.1) is 0 Å². The van der Waals surface area contributed by atoms with Crippen LogP contribution in [0.1, 0.15) is 29.9 Å². The van der Waals surface area contributed by atoms with Crippen LogP contribution in [-0.4, -0.2) is 17.1 Å². The van der Waals surface area contributed by atoms with Crippen LogP contribution in [0.2, 0.25) is 20.1 Å². The normalized spacial score (nSPS) is 11.2. The summed E-state index contributed by atoms with van der Waals surface area (Å²) in [5.41, 5.74) is 7.22. The highest BCUT2D eigenvalue weighted by Crippen LogP contribution is 2.46. The molecule has 0 saturated heterocycles. The average Bonchev–Trinajstić information content (AvgIpc) is 2.85. The first-order valence-electron chi connectivity index (χ1n) is 6.64. The molecular weight excluding hydrogens is 370 g/mol. The Morgan fingerprint density at radius 2 is 1.68 bits per heavy atom. The van der Waals surface area contributed by atoms with Gasteiger partial charge in [-0.1, -0.05) is 46.4 Å². The number of rotatable bonds is 4. The van der Waals surface area contributed by atoms with E-state index in [9.17, 15) is 4.79 Å². The number of benzene rings is 1. The molecule has 1 aromatic carbocycles. The van der Waals surface area contributed by atoms with Gasteiger partial charge in [-0.25, -0.2) is 4.79 Å². The number of carbonyl (C=O) groups excluding carboxylic acids is 1. The van der Waals surface area contributed by atoms with Gasteiger partial charge in [0.15, 0.2) is 0 Å². The second-order valence-corrected chi connectivity index (χ2v) is 5.98. The van der Waals surface area contributed by atoms with Crippen molar-refractivity contribution >= 4 is 63.3 Å². The molecule has 0 unspecified atom stereocenters. The van der Waals surface area contributed by atoms with Crippen LogP contribution in [0.4, 0.5) is 0 Å². The molecular formula is C14H14Cl4N2O2. The number of nitrogens with two attached hydrogens (primary N) is 1. The van der Waals surface area contributed by atoms with Gasteiger partial charge >= 0.3 is 5.97 Å². The molecule has 2 rings (SSSR count). The highest BCUT2D eigenvalue weighted by molar-refractivity contribution is 6.55. The number of hydrogen-bond donors (Lipinski definition) is 1.